The Morgan fingerprint density at radius 2 is 2.04 bits per heavy atom. The fourth-order valence-corrected chi connectivity index (χ4v) is 2.79. The molecule has 0 spiro atoms. The highest BCUT2D eigenvalue weighted by Gasteiger charge is 2.36. The van der Waals surface area contributed by atoms with E-state index in [-0.39, 0.29) is 29.8 Å². The third kappa shape index (κ3) is 2.67. The van der Waals surface area contributed by atoms with Crippen molar-refractivity contribution in [3.05, 3.63) is 27.7 Å². The fourth-order valence-electron chi connectivity index (χ4n) is 2.79. The molecule has 0 saturated heterocycles. The van der Waals surface area contributed by atoms with E-state index in [0.717, 1.165) is 23.6 Å². The van der Waals surface area contributed by atoms with Crippen molar-refractivity contribution >= 4 is 16.9 Å². The number of nitrogens with zero attached hydrogens (tertiary/aromatic N) is 4. The second kappa shape index (κ2) is 5.35. The molecule has 2 aromatic rings. The van der Waals surface area contributed by atoms with Crippen LogP contribution < -0.4 is 5.56 Å². The summed E-state index contributed by atoms with van der Waals surface area (Å²) in [7, 11) is 3.07. The smallest absolute Gasteiger partial charge is 0.341 e. The molecule has 0 N–H and O–H groups in total. The van der Waals surface area contributed by atoms with Crippen molar-refractivity contribution in [2.75, 3.05) is 7.05 Å². The van der Waals surface area contributed by atoms with Gasteiger partial charge in [0.2, 0.25) is 5.91 Å². The lowest BCUT2D eigenvalue weighted by atomic mass is 10.1. The number of carbonyl (C=O) groups excluding carboxylic acids is 1. The van der Waals surface area contributed by atoms with Crippen molar-refractivity contribution in [1.82, 2.24) is 19.2 Å². The van der Waals surface area contributed by atoms with E-state index in [1.165, 1.54) is 23.6 Å². The van der Waals surface area contributed by atoms with Crippen molar-refractivity contribution in [3.8, 4) is 0 Å². The lowest BCUT2D eigenvalue weighted by molar-refractivity contribution is -0.136. The van der Waals surface area contributed by atoms with Crippen LogP contribution in [0.1, 0.15) is 24.1 Å². The average molecular weight is 342 g/mol. The predicted octanol–water partition coefficient (Wildman–Crippen LogP) is 1.68. The number of pyridine rings is 1. The van der Waals surface area contributed by atoms with Gasteiger partial charge in [-0.1, -0.05) is 0 Å². The van der Waals surface area contributed by atoms with E-state index in [4.69, 9.17) is 0 Å². The number of likely N-dealkylation sites (N-methyl/N-ethyl adjacent to an activating group) is 1. The van der Waals surface area contributed by atoms with Crippen molar-refractivity contribution in [2.45, 2.75) is 38.5 Å². The average Bonchev–Trinajstić information content (AvgIpc) is 3.30. The van der Waals surface area contributed by atoms with Crippen molar-refractivity contribution < 1.29 is 18.0 Å². The lowest BCUT2D eigenvalue weighted by Crippen LogP contribution is -2.36. The van der Waals surface area contributed by atoms with E-state index in [9.17, 15) is 22.8 Å². The molecule has 6 nitrogen and oxygen atoms in total. The van der Waals surface area contributed by atoms with Crippen molar-refractivity contribution in [1.29, 1.82) is 0 Å². The molecule has 2 heterocycles. The summed E-state index contributed by atoms with van der Waals surface area (Å²) >= 11 is 0. The first-order valence-corrected chi connectivity index (χ1v) is 7.51. The molecule has 1 fully saturated rings. The Bertz CT molecular complexity index is 877. The van der Waals surface area contributed by atoms with Crippen LogP contribution in [0.4, 0.5) is 13.2 Å². The minimum atomic E-state index is -4.67. The summed E-state index contributed by atoms with van der Waals surface area (Å²) in [5.41, 5.74) is -1.80. The van der Waals surface area contributed by atoms with Crippen LogP contribution in [0.3, 0.4) is 0 Å². The molecule has 3 rings (SSSR count). The van der Waals surface area contributed by atoms with Gasteiger partial charge in [-0.25, -0.2) is 9.67 Å². The second-order valence-electron chi connectivity index (χ2n) is 6.13. The second-order valence-corrected chi connectivity index (χ2v) is 6.13. The molecule has 1 aliphatic carbocycles. The van der Waals surface area contributed by atoms with E-state index >= 15 is 0 Å². The van der Waals surface area contributed by atoms with Gasteiger partial charge in [-0.05, 0) is 25.8 Å². The van der Waals surface area contributed by atoms with Gasteiger partial charge in [-0.15, -0.1) is 0 Å². The van der Waals surface area contributed by atoms with Crippen LogP contribution in [-0.4, -0.2) is 38.2 Å². The quantitative estimate of drug-likeness (QED) is 0.853. The zero-order valence-corrected chi connectivity index (χ0v) is 13.5. The summed E-state index contributed by atoms with van der Waals surface area (Å²) in [5.74, 6) is -0.309. The van der Waals surface area contributed by atoms with Gasteiger partial charge in [-0.2, -0.15) is 13.2 Å². The van der Waals surface area contributed by atoms with Crippen LogP contribution in [0.25, 0.3) is 11.0 Å². The Morgan fingerprint density at radius 1 is 1.42 bits per heavy atom. The summed E-state index contributed by atoms with van der Waals surface area (Å²) in [6, 6.07) is 1.01. The molecule has 1 saturated carbocycles. The molecule has 0 radical (unpaired) electrons. The minimum Gasteiger partial charge on any atom is -0.341 e. The molecule has 0 atom stereocenters. The maximum absolute atomic E-state index is 13.3. The number of hydrogen-bond acceptors (Lipinski definition) is 3. The number of alkyl halides is 3. The molecule has 2 aromatic heterocycles. The van der Waals surface area contributed by atoms with Crippen LogP contribution in [0.2, 0.25) is 0 Å². The molecule has 1 amide bonds. The Labute approximate surface area is 135 Å². The summed E-state index contributed by atoms with van der Waals surface area (Å²) in [5, 5.41) is -0.502. The Hall–Kier alpha value is -2.32. The molecule has 130 valence electrons. The van der Waals surface area contributed by atoms with Gasteiger partial charge in [0.25, 0.3) is 5.56 Å². The van der Waals surface area contributed by atoms with E-state index in [2.05, 4.69) is 4.98 Å². The van der Waals surface area contributed by atoms with Crippen LogP contribution >= 0.6 is 0 Å². The first-order chi connectivity index (χ1) is 11.1. The molecular weight excluding hydrogens is 325 g/mol. The van der Waals surface area contributed by atoms with Crippen LogP contribution in [0.15, 0.2) is 10.9 Å². The highest BCUT2D eigenvalue weighted by atomic mass is 19.4. The number of halogens is 3. The number of aryl methyl sites for hydroxylation is 2. The zero-order chi connectivity index (χ0) is 17.8. The number of fused-ring (bicyclic) bond motifs is 1. The number of aromatic nitrogens is 3. The summed E-state index contributed by atoms with van der Waals surface area (Å²) < 4.78 is 42.0. The highest BCUT2D eigenvalue weighted by molar-refractivity contribution is 5.81. The topological polar surface area (TPSA) is 60.1 Å². The van der Waals surface area contributed by atoms with Gasteiger partial charge in [0.05, 0.1) is 10.9 Å². The first kappa shape index (κ1) is 16.5. The van der Waals surface area contributed by atoms with Crippen LogP contribution in [-0.2, 0) is 24.6 Å². The predicted molar refractivity (Wildman–Crippen MR) is 80.5 cm³/mol. The Morgan fingerprint density at radius 3 is 2.58 bits per heavy atom. The Kier molecular flexibility index (Phi) is 3.69. The molecule has 0 aliphatic heterocycles. The highest BCUT2D eigenvalue weighted by Crippen LogP contribution is 2.33. The van der Waals surface area contributed by atoms with Crippen LogP contribution in [0.5, 0.6) is 0 Å². The number of hydrogen-bond donors (Lipinski definition) is 0. The maximum Gasteiger partial charge on any atom is 0.417 e. The van der Waals surface area contributed by atoms with Gasteiger partial charge in [0.15, 0.2) is 5.65 Å². The van der Waals surface area contributed by atoms with Crippen molar-refractivity contribution in [2.24, 2.45) is 7.05 Å². The van der Waals surface area contributed by atoms with Gasteiger partial charge < -0.3 is 4.90 Å². The standard InChI is InChI=1S/C15H17F3N4O2/c1-8-6-10(15(16,17)18)12-13(19-8)21(3)22(14(12)24)7-11(23)20(2)9-4-5-9/h6,9H,4-5,7H2,1-3H3. The molecule has 0 unspecified atom stereocenters. The third-order valence-corrected chi connectivity index (χ3v) is 4.32. The zero-order valence-electron chi connectivity index (χ0n) is 13.5. The van der Waals surface area contributed by atoms with E-state index in [0.29, 0.717) is 0 Å². The number of amides is 1. The Balaban J connectivity index is 2.13. The fraction of sp³-hybridized carbons (Fsp3) is 0.533. The normalized spacial score (nSPS) is 15.1. The molecule has 24 heavy (non-hydrogen) atoms. The first-order valence-electron chi connectivity index (χ1n) is 7.51. The molecule has 9 heteroatoms. The van der Waals surface area contributed by atoms with E-state index in [1.807, 2.05) is 0 Å². The van der Waals surface area contributed by atoms with E-state index in [1.54, 1.807) is 7.05 Å². The lowest BCUT2D eigenvalue weighted by Gasteiger charge is -2.17. The SMILES string of the molecule is Cc1cc(C(F)(F)F)c2c(=O)n(CC(=O)N(C)C3CC3)n(C)c2n1. The summed E-state index contributed by atoms with van der Waals surface area (Å²) in [6.07, 6.45) is -2.85. The summed E-state index contributed by atoms with van der Waals surface area (Å²) in [6.45, 7) is 1.12. The van der Waals surface area contributed by atoms with Gasteiger partial charge in [0.1, 0.15) is 6.54 Å². The summed E-state index contributed by atoms with van der Waals surface area (Å²) in [4.78, 5) is 30.3. The van der Waals surface area contributed by atoms with E-state index < -0.39 is 22.7 Å². The molecule has 1 aliphatic rings. The van der Waals surface area contributed by atoms with Gasteiger partial charge in [0, 0.05) is 25.8 Å². The number of carbonyl (C=O) groups is 1. The monoisotopic (exact) mass is 342 g/mol. The largest absolute Gasteiger partial charge is 0.417 e. The number of rotatable bonds is 3. The third-order valence-electron chi connectivity index (χ3n) is 4.32. The van der Waals surface area contributed by atoms with Gasteiger partial charge in [-0.3, -0.25) is 14.3 Å². The maximum atomic E-state index is 13.3. The molecular formula is C15H17F3N4O2. The van der Waals surface area contributed by atoms with Gasteiger partial charge >= 0.3 is 6.18 Å². The minimum absolute atomic E-state index is 0.0748. The molecule has 0 bridgehead atoms. The molecule has 0 aromatic carbocycles. The van der Waals surface area contributed by atoms with Crippen molar-refractivity contribution in [3.63, 3.8) is 0 Å². The van der Waals surface area contributed by atoms with Crippen LogP contribution in [0, 0.1) is 6.92 Å².